The third kappa shape index (κ3) is 3.89. The van der Waals surface area contributed by atoms with E-state index in [9.17, 15) is 14.5 Å². The number of nitrogens with zero attached hydrogens (tertiary/aromatic N) is 3. The van der Waals surface area contributed by atoms with Crippen molar-refractivity contribution in [1.82, 2.24) is 9.97 Å². The molecule has 0 radical (unpaired) electrons. The highest BCUT2D eigenvalue weighted by Gasteiger charge is 2.12. The number of nitro benzene ring substituents is 1. The van der Waals surface area contributed by atoms with Crippen LogP contribution >= 0.6 is 11.6 Å². The van der Waals surface area contributed by atoms with E-state index in [0.717, 1.165) is 0 Å². The molecule has 25 heavy (non-hydrogen) atoms. The maximum absolute atomic E-state index is 13.1. The summed E-state index contributed by atoms with van der Waals surface area (Å²) in [7, 11) is 0. The van der Waals surface area contributed by atoms with E-state index in [4.69, 9.17) is 16.3 Å². The van der Waals surface area contributed by atoms with Gasteiger partial charge in [0.05, 0.1) is 9.95 Å². The highest BCUT2D eigenvalue weighted by atomic mass is 35.5. The van der Waals surface area contributed by atoms with Gasteiger partial charge in [-0.1, -0.05) is 17.7 Å². The summed E-state index contributed by atoms with van der Waals surface area (Å²) < 4.78 is 18.8. The van der Waals surface area contributed by atoms with E-state index < -0.39 is 10.7 Å². The number of benzene rings is 2. The summed E-state index contributed by atoms with van der Waals surface area (Å²) in [6, 6.07) is 9.92. The van der Waals surface area contributed by atoms with E-state index in [0.29, 0.717) is 16.8 Å². The summed E-state index contributed by atoms with van der Waals surface area (Å²) in [4.78, 5) is 18.6. The zero-order valence-electron chi connectivity index (χ0n) is 12.7. The van der Waals surface area contributed by atoms with Gasteiger partial charge >= 0.3 is 0 Å². The van der Waals surface area contributed by atoms with E-state index in [1.165, 1.54) is 42.7 Å². The van der Waals surface area contributed by atoms with Crippen LogP contribution in [0.25, 0.3) is 11.3 Å². The molecule has 3 rings (SSSR count). The van der Waals surface area contributed by atoms with Gasteiger partial charge in [0.25, 0.3) is 5.69 Å². The topological polar surface area (TPSA) is 78.2 Å². The van der Waals surface area contributed by atoms with Crippen molar-refractivity contribution in [3.8, 4) is 17.1 Å². The fraction of sp³-hybridized carbons (Fsp3) is 0.0588. The molecule has 6 nitrogen and oxygen atoms in total. The monoisotopic (exact) mass is 359 g/mol. The molecule has 0 atom stereocenters. The Bertz CT molecular complexity index is 919. The average Bonchev–Trinajstić information content (AvgIpc) is 2.61. The van der Waals surface area contributed by atoms with Gasteiger partial charge in [-0.05, 0) is 24.3 Å². The van der Waals surface area contributed by atoms with Crippen molar-refractivity contribution in [3.63, 3.8) is 0 Å². The smallest absolute Gasteiger partial charge is 0.269 e. The number of hydrogen-bond acceptors (Lipinski definition) is 5. The Labute approximate surface area is 147 Å². The fourth-order valence-corrected chi connectivity index (χ4v) is 2.38. The Morgan fingerprint density at radius 2 is 1.84 bits per heavy atom. The van der Waals surface area contributed by atoms with Crippen LogP contribution in [0.5, 0.6) is 5.88 Å². The molecule has 8 heteroatoms. The first-order chi connectivity index (χ1) is 12.0. The quantitative estimate of drug-likeness (QED) is 0.497. The number of rotatable bonds is 5. The minimum Gasteiger partial charge on any atom is -0.471 e. The van der Waals surface area contributed by atoms with Crippen LogP contribution in [0.1, 0.15) is 5.56 Å². The first-order valence-corrected chi connectivity index (χ1v) is 7.55. The fourth-order valence-electron chi connectivity index (χ4n) is 2.15. The zero-order valence-corrected chi connectivity index (χ0v) is 13.5. The molecule has 0 unspecified atom stereocenters. The van der Waals surface area contributed by atoms with Crippen LogP contribution < -0.4 is 4.74 Å². The summed E-state index contributed by atoms with van der Waals surface area (Å²) in [6.45, 7) is 0.0811. The molecule has 0 aliphatic rings. The standard InChI is InChI=1S/C17H11ClFN3O3/c18-15-9-13(19)4-1-12(15)10-25-17-16(20-7-8-21-17)11-2-5-14(6-3-11)22(23)24/h1-9H,10H2. The van der Waals surface area contributed by atoms with E-state index in [1.807, 2.05) is 0 Å². The lowest BCUT2D eigenvalue weighted by molar-refractivity contribution is -0.384. The SMILES string of the molecule is O=[N+]([O-])c1ccc(-c2nccnc2OCc2ccc(F)cc2Cl)cc1. The second-order valence-corrected chi connectivity index (χ2v) is 5.45. The second-order valence-electron chi connectivity index (χ2n) is 5.04. The Hall–Kier alpha value is -3.06. The van der Waals surface area contributed by atoms with Crippen LogP contribution in [0.3, 0.4) is 0 Å². The predicted octanol–water partition coefficient (Wildman–Crippen LogP) is 4.42. The van der Waals surface area contributed by atoms with Gasteiger partial charge in [0, 0.05) is 35.7 Å². The lowest BCUT2D eigenvalue weighted by Crippen LogP contribution is -2.01. The molecule has 126 valence electrons. The van der Waals surface area contributed by atoms with Gasteiger partial charge in [0.2, 0.25) is 5.88 Å². The van der Waals surface area contributed by atoms with Crippen LogP contribution in [0, 0.1) is 15.9 Å². The van der Waals surface area contributed by atoms with Crippen molar-refractivity contribution >= 4 is 17.3 Å². The number of non-ortho nitro benzene ring substituents is 1. The van der Waals surface area contributed by atoms with Crippen molar-refractivity contribution in [2.45, 2.75) is 6.61 Å². The van der Waals surface area contributed by atoms with E-state index >= 15 is 0 Å². The Balaban J connectivity index is 1.84. The van der Waals surface area contributed by atoms with Gasteiger partial charge in [-0.25, -0.2) is 14.4 Å². The second kappa shape index (κ2) is 7.23. The highest BCUT2D eigenvalue weighted by molar-refractivity contribution is 6.31. The van der Waals surface area contributed by atoms with Gasteiger partial charge in [0.1, 0.15) is 18.1 Å². The maximum atomic E-state index is 13.1. The molecule has 2 aromatic carbocycles. The van der Waals surface area contributed by atoms with Gasteiger partial charge in [-0.15, -0.1) is 0 Å². The minimum atomic E-state index is -0.478. The number of aromatic nitrogens is 2. The normalized spacial score (nSPS) is 10.5. The van der Waals surface area contributed by atoms with Crippen LogP contribution in [0.4, 0.5) is 10.1 Å². The molecule has 0 bridgehead atoms. The van der Waals surface area contributed by atoms with Gasteiger partial charge in [-0.3, -0.25) is 10.1 Å². The molecule has 0 aliphatic heterocycles. The van der Waals surface area contributed by atoms with Crippen molar-refractivity contribution < 1.29 is 14.1 Å². The van der Waals surface area contributed by atoms with Crippen molar-refractivity contribution in [1.29, 1.82) is 0 Å². The lowest BCUT2D eigenvalue weighted by atomic mass is 10.1. The molecule has 0 saturated heterocycles. The Morgan fingerprint density at radius 3 is 2.52 bits per heavy atom. The Kier molecular flexibility index (Phi) is 4.85. The van der Waals surface area contributed by atoms with E-state index in [-0.39, 0.29) is 23.2 Å². The molecule has 0 aliphatic carbocycles. The number of nitro groups is 1. The predicted molar refractivity (Wildman–Crippen MR) is 89.9 cm³/mol. The summed E-state index contributed by atoms with van der Waals surface area (Å²) in [5.41, 5.74) is 1.64. The molecule has 0 spiro atoms. The van der Waals surface area contributed by atoms with Gasteiger partial charge in [-0.2, -0.15) is 0 Å². The van der Waals surface area contributed by atoms with E-state index in [1.54, 1.807) is 12.1 Å². The minimum absolute atomic E-state index is 0.0202. The summed E-state index contributed by atoms with van der Waals surface area (Å²) in [5.74, 6) is -0.184. The largest absolute Gasteiger partial charge is 0.471 e. The first kappa shape index (κ1) is 16.8. The molecule has 0 fully saturated rings. The molecule has 1 aromatic heterocycles. The van der Waals surface area contributed by atoms with E-state index in [2.05, 4.69) is 9.97 Å². The maximum Gasteiger partial charge on any atom is 0.269 e. The molecule has 3 aromatic rings. The van der Waals surface area contributed by atoms with Crippen LogP contribution in [0.15, 0.2) is 54.9 Å². The summed E-state index contributed by atoms with van der Waals surface area (Å²) >= 11 is 5.98. The van der Waals surface area contributed by atoms with Crippen LogP contribution in [0.2, 0.25) is 5.02 Å². The van der Waals surface area contributed by atoms with Crippen molar-refractivity contribution in [2.75, 3.05) is 0 Å². The molecule has 0 amide bonds. The molecule has 0 N–H and O–H groups in total. The summed E-state index contributed by atoms with van der Waals surface area (Å²) in [6.07, 6.45) is 2.96. The zero-order chi connectivity index (χ0) is 17.8. The Morgan fingerprint density at radius 1 is 1.12 bits per heavy atom. The van der Waals surface area contributed by atoms with Crippen molar-refractivity contribution in [2.24, 2.45) is 0 Å². The summed E-state index contributed by atoms with van der Waals surface area (Å²) in [5, 5.41) is 11.0. The molecule has 0 saturated carbocycles. The third-order valence-corrected chi connectivity index (χ3v) is 3.75. The molecular formula is C17H11ClFN3O3. The number of ether oxygens (including phenoxy) is 1. The van der Waals surface area contributed by atoms with Gasteiger partial charge in [0.15, 0.2) is 0 Å². The van der Waals surface area contributed by atoms with Crippen molar-refractivity contribution in [3.05, 3.63) is 81.4 Å². The first-order valence-electron chi connectivity index (χ1n) is 7.17. The highest BCUT2D eigenvalue weighted by Crippen LogP contribution is 2.28. The third-order valence-electron chi connectivity index (χ3n) is 3.40. The van der Waals surface area contributed by atoms with Gasteiger partial charge < -0.3 is 4.74 Å². The number of halogens is 2. The van der Waals surface area contributed by atoms with Crippen LogP contribution in [-0.2, 0) is 6.61 Å². The number of hydrogen-bond donors (Lipinski definition) is 0. The average molecular weight is 360 g/mol. The molecule has 1 heterocycles. The van der Waals surface area contributed by atoms with Crippen LogP contribution in [-0.4, -0.2) is 14.9 Å². The molecular weight excluding hydrogens is 349 g/mol. The lowest BCUT2D eigenvalue weighted by Gasteiger charge is -2.10.